The van der Waals surface area contributed by atoms with Gasteiger partial charge in [0.05, 0.1) is 12.7 Å². The Labute approximate surface area is 128 Å². The van der Waals surface area contributed by atoms with Gasteiger partial charge in [0.15, 0.2) is 0 Å². The molecule has 3 unspecified atom stereocenters. The predicted octanol–water partition coefficient (Wildman–Crippen LogP) is 2.16. The minimum absolute atomic E-state index is 0.215. The molecule has 0 aromatic heterocycles. The van der Waals surface area contributed by atoms with Crippen molar-refractivity contribution in [1.29, 1.82) is 5.26 Å². The highest BCUT2D eigenvalue weighted by Gasteiger charge is 2.45. The van der Waals surface area contributed by atoms with Crippen LogP contribution in [0.1, 0.15) is 44.9 Å². The Balaban J connectivity index is 1.49. The Morgan fingerprint density at radius 1 is 1.33 bits per heavy atom. The minimum Gasteiger partial charge on any atom is -0.384 e. The van der Waals surface area contributed by atoms with Crippen molar-refractivity contribution < 1.29 is 4.74 Å². The summed E-state index contributed by atoms with van der Waals surface area (Å²) in [6.45, 7) is 4.43. The molecule has 1 N–H and O–H groups in total. The first-order valence-corrected chi connectivity index (χ1v) is 8.66. The van der Waals surface area contributed by atoms with Crippen LogP contribution >= 0.6 is 0 Å². The first-order chi connectivity index (χ1) is 10.3. The molecule has 1 saturated heterocycles. The highest BCUT2D eigenvalue weighted by molar-refractivity contribution is 5.16. The molecule has 1 heterocycles. The summed E-state index contributed by atoms with van der Waals surface area (Å²) in [5, 5.41) is 13.4. The smallest absolute Gasteiger partial charge is 0.109 e. The Morgan fingerprint density at radius 3 is 2.90 bits per heavy atom. The zero-order valence-corrected chi connectivity index (χ0v) is 13.3. The van der Waals surface area contributed by atoms with E-state index in [0.29, 0.717) is 17.9 Å². The highest BCUT2D eigenvalue weighted by atomic mass is 16.5. The van der Waals surface area contributed by atoms with E-state index in [1.54, 1.807) is 7.11 Å². The van der Waals surface area contributed by atoms with E-state index >= 15 is 0 Å². The molecule has 4 nitrogen and oxygen atoms in total. The summed E-state index contributed by atoms with van der Waals surface area (Å²) in [6, 6.07) is 3.28. The first-order valence-electron chi connectivity index (χ1n) is 8.66. The van der Waals surface area contributed by atoms with Gasteiger partial charge in [-0.1, -0.05) is 6.42 Å². The first kappa shape index (κ1) is 15.3. The molecule has 2 saturated carbocycles. The molecule has 0 spiro atoms. The third kappa shape index (κ3) is 3.59. The zero-order valence-electron chi connectivity index (χ0n) is 13.3. The number of ether oxygens (including phenoxy) is 1. The van der Waals surface area contributed by atoms with Crippen molar-refractivity contribution in [3.05, 3.63) is 0 Å². The molecular formula is C17H29N3O. The quantitative estimate of drug-likeness (QED) is 0.781. The molecule has 2 aliphatic carbocycles. The largest absolute Gasteiger partial charge is 0.384 e. The van der Waals surface area contributed by atoms with Crippen LogP contribution in [0.2, 0.25) is 0 Å². The zero-order chi connectivity index (χ0) is 14.7. The van der Waals surface area contributed by atoms with Crippen molar-refractivity contribution in [3.8, 4) is 6.07 Å². The molecule has 21 heavy (non-hydrogen) atoms. The molecule has 0 radical (unpaired) electrons. The third-order valence-electron chi connectivity index (χ3n) is 5.63. The molecule has 3 aliphatic rings. The Bertz CT molecular complexity index is 390. The van der Waals surface area contributed by atoms with Crippen LogP contribution in [0.3, 0.4) is 0 Å². The van der Waals surface area contributed by atoms with Gasteiger partial charge in [-0.25, -0.2) is 0 Å². The molecule has 0 amide bonds. The number of nitriles is 1. The summed E-state index contributed by atoms with van der Waals surface area (Å²) < 4.78 is 5.27. The van der Waals surface area contributed by atoms with E-state index in [2.05, 4.69) is 16.3 Å². The van der Waals surface area contributed by atoms with Crippen LogP contribution in [-0.2, 0) is 4.74 Å². The van der Waals surface area contributed by atoms with Crippen molar-refractivity contribution in [2.45, 2.75) is 56.5 Å². The lowest BCUT2D eigenvalue weighted by molar-refractivity contribution is 0.151. The van der Waals surface area contributed by atoms with Gasteiger partial charge in [0, 0.05) is 19.7 Å². The van der Waals surface area contributed by atoms with Crippen LogP contribution in [0.5, 0.6) is 0 Å². The van der Waals surface area contributed by atoms with E-state index in [1.165, 1.54) is 51.6 Å². The van der Waals surface area contributed by atoms with Gasteiger partial charge in [-0.15, -0.1) is 0 Å². The number of likely N-dealkylation sites (tertiary alicyclic amines) is 1. The maximum absolute atomic E-state index is 9.72. The van der Waals surface area contributed by atoms with Crippen LogP contribution < -0.4 is 5.32 Å². The number of hydrogen-bond acceptors (Lipinski definition) is 4. The minimum atomic E-state index is -0.215. The standard InChI is InChI=1S/C17H29N3O/c1-21-12-14-6-9-20(11-14)10-7-15-3-2-8-17(15,13-18)19-16-4-5-16/h14-16,19H,2-12H2,1H3. The number of nitrogens with zero attached hydrogens (tertiary/aromatic N) is 2. The Hall–Kier alpha value is -0.630. The van der Waals surface area contributed by atoms with Crippen LogP contribution in [0.4, 0.5) is 0 Å². The van der Waals surface area contributed by atoms with Gasteiger partial charge >= 0.3 is 0 Å². The third-order valence-corrected chi connectivity index (χ3v) is 5.63. The molecule has 1 aliphatic heterocycles. The average Bonchev–Trinajstić information content (AvgIpc) is 3.03. The van der Waals surface area contributed by atoms with Crippen molar-refractivity contribution in [2.75, 3.05) is 33.4 Å². The van der Waals surface area contributed by atoms with Crippen molar-refractivity contribution in [1.82, 2.24) is 10.2 Å². The van der Waals surface area contributed by atoms with Gasteiger partial charge in [-0.2, -0.15) is 5.26 Å². The fourth-order valence-corrected chi connectivity index (χ4v) is 4.26. The van der Waals surface area contributed by atoms with Crippen molar-refractivity contribution in [3.63, 3.8) is 0 Å². The number of nitrogens with one attached hydrogen (secondary N) is 1. The van der Waals surface area contributed by atoms with Gasteiger partial charge in [0.1, 0.15) is 5.54 Å². The molecule has 0 aromatic carbocycles. The fourth-order valence-electron chi connectivity index (χ4n) is 4.26. The summed E-state index contributed by atoms with van der Waals surface area (Å²) in [4.78, 5) is 2.57. The monoisotopic (exact) mass is 291 g/mol. The number of methoxy groups -OCH3 is 1. The SMILES string of the molecule is COCC1CCN(CCC2CCCC2(C#N)NC2CC2)C1. The molecule has 118 valence electrons. The van der Waals surface area contributed by atoms with Crippen molar-refractivity contribution in [2.24, 2.45) is 11.8 Å². The van der Waals surface area contributed by atoms with Crippen LogP contribution in [-0.4, -0.2) is 49.8 Å². The lowest BCUT2D eigenvalue weighted by Gasteiger charge is -2.31. The Kier molecular flexibility index (Phi) is 4.83. The molecule has 3 fully saturated rings. The molecule has 0 aromatic rings. The van der Waals surface area contributed by atoms with E-state index in [0.717, 1.165) is 19.6 Å². The van der Waals surface area contributed by atoms with Crippen molar-refractivity contribution >= 4 is 0 Å². The normalized spacial score (nSPS) is 37.0. The van der Waals surface area contributed by atoms with E-state index < -0.39 is 0 Å². The Morgan fingerprint density at radius 2 is 2.19 bits per heavy atom. The number of hydrogen-bond donors (Lipinski definition) is 1. The van der Waals surface area contributed by atoms with Crippen LogP contribution in [0.25, 0.3) is 0 Å². The second-order valence-corrected chi connectivity index (χ2v) is 7.29. The maximum Gasteiger partial charge on any atom is 0.109 e. The number of rotatable bonds is 7. The molecule has 4 heteroatoms. The molecule has 3 atom stereocenters. The van der Waals surface area contributed by atoms with E-state index in [-0.39, 0.29) is 5.54 Å². The van der Waals surface area contributed by atoms with E-state index in [9.17, 15) is 5.26 Å². The van der Waals surface area contributed by atoms with Crippen LogP contribution in [0, 0.1) is 23.2 Å². The molecular weight excluding hydrogens is 262 g/mol. The van der Waals surface area contributed by atoms with Gasteiger partial charge in [-0.05, 0) is 63.5 Å². The summed E-state index contributed by atoms with van der Waals surface area (Å²) in [5.41, 5.74) is -0.215. The average molecular weight is 291 g/mol. The second kappa shape index (κ2) is 6.64. The summed E-state index contributed by atoms with van der Waals surface area (Å²) in [7, 11) is 1.80. The summed E-state index contributed by atoms with van der Waals surface area (Å²) >= 11 is 0. The van der Waals surface area contributed by atoms with Gasteiger partial charge in [0.2, 0.25) is 0 Å². The van der Waals surface area contributed by atoms with E-state index in [1.807, 2.05) is 0 Å². The van der Waals surface area contributed by atoms with Gasteiger partial charge in [0.25, 0.3) is 0 Å². The molecule has 0 bridgehead atoms. The maximum atomic E-state index is 9.72. The van der Waals surface area contributed by atoms with Gasteiger partial charge in [-0.3, -0.25) is 5.32 Å². The van der Waals surface area contributed by atoms with Gasteiger partial charge < -0.3 is 9.64 Å². The predicted molar refractivity (Wildman–Crippen MR) is 82.9 cm³/mol. The van der Waals surface area contributed by atoms with Crippen LogP contribution in [0.15, 0.2) is 0 Å². The lowest BCUT2D eigenvalue weighted by atomic mass is 9.85. The molecule has 3 rings (SSSR count). The van der Waals surface area contributed by atoms with E-state index in [4.69, 9.17) is 4.74 Å². The summed E-state index contributed by atoms with van der Waals surface area (Å²) in [5.74, 6) is 1.26. The highest BCUT2D eigenvalue weighted by Crippen LogP contribution is 2.40. The topological polar surface area (TPSA) is 48.3 Å². The lowest BCUT2D eigenvalue weighted by Crippen LogP contribution is -2.48. The fraction of sp³-hybridized carbons (Fsp3) is 0.941. The summed E-state index contributed by atoms with van der Waals surface area (Å²) in [6.07, 6.45) is 8.46. The second-order valence-electron chi connectivity index (χ2n) is 7.29.